The smallest absolute Gasteiger partial charge is 0.166 e. The van der Waals surface area contributed by atoms with E-state index in [1.165, 1.54) is 6.33 Å². The van der Waals surface area contributed by atoms with Crippen molar-refractivity contribution >= 4 is 11.2 Å². The maximum atomic E-state index is 10.8. The van der Waals surface area contributed by atoms with Crippen LogP contribution in [0.5, 0.6) is 11.5 Å². The normalized spacial score (nSPS) is 22.3. The number of aliphatic hydroxyl groups is 3. The van der Waals surface area contributed by atoms with Crippen molar-refractivity contribution < 1.29 is 29.5 Å². The summed E-state index contributed by atoms with van der Waals surface area (Å²) in [5, 5.41) is 30.7. The first-order valence-corrected chi connectivity index (χ1v) is 10.7. The standard InChI is InChI=1S/C24H24N4O6/c1-32-15-7-3-13(4-8-15)18-19-23(26-12-25-18)28(24-21(31)20(30)17(11-29)34-24)22(27-19)14-5-9-16(33-2)10-6-14/h3-10,12,17,20-21,24,29-31H,11H2,1-2H3/t17-,20-,21-,24-/m1/s1. The van der Waals surface area contributed by atoms with Gasteiger partial charge >= 0.3 is 0 Å². The highest BCUT2D eigenvalue weighted by Crippen LogP contribution is 2.38. The van der Waals surface area contributed by atoms with E-state index in [1.807, 2.05) is 36.4 Å². The number of aromatic nitrogens is 4. The van der Waals surface area contributed by atoms with Crippen LogP contribution >= 0.6 is 0 Å². The van der Waals surface area contributed by atoms with E-state index >= 15 is 0 Å². The molecule has 1 aliphatic heterocycles. The van der Waals surface area contributed by atoms with Gasteiger partial charge in [-0.15, -0.1) is 0 Å². The van der Waals surface area contributed by atoms with E-state index in [2.05, 4.69) is 9.97 Å². The molecular weight excluding hydrogens is 440 g/mol. The highest BCUT2D eigenvalue weighted by atomic mass is 16.6. The number of nitrogens with zero attached hydrogens (tertiary/aromatic N) is 4. The zero-order chi connectivity index (χ0) is 23.8. The molecule has 2 aromatic heterocycles. The molecule has 4 atom stereocenters. The van der Waals surface area contributed by atoms with Crippen molar-refractivity contribution in [3.05, 3.63) is 54.9 Å². The fourth-order valence-corrected chi connectivity index (χ4v) is 4.15. The first-order chi connectivity index (χ1) is 16.5. The average Bonchev–Trinajstić information content (AvgIpc) is 3.41. The highest BCUT2D eigenvalue weighted by molar-refractivity contribution is 5.90. The minimum Gasteiger partial charge on any atom is -0.497 e. The van der Waals surface area contributed by atoms with Crippen LogP contribution in [0.3, 0.4) is 0 Å². The molecule has 34 heavy (non-hydrogen) atoms. The van der Waals surface area contributed by atoms with Crippen LogP contribution < -0.4 is 9.47 Å². The zero-order valence-electron chi connectivity index (χ0n) is 18.6. The molecule has 0 amide bonds. The van der Waals surface area contributed by atoms with Crippen molar-refractivity contribution in [2.24, 2.45) is 0 Å². The van der Waals surface area contributed by atoms with Gasteiger partial charge in [0.05, 0.1) is 20.8 Å². The second-order valence-electron chi connectivity index (χ2n) is 7.89. The summed E-state index contributed by atoms with van der Waals surface area (Å²) in [7, 11) is 3.18. The van der Waals surface area contributed by atoms with Gasteiger partial charge in [0, 0.05) is 11.1 Å². The number of ether oxygens (including phenoxy) is 3. The van der Waals surface area contributed by atoms with E-state index < -0.39 is 31.1 Å². The van der Waals surface area contributed by atoms with E-state index in [0.29, 0.717) is 34.2 Å². The predicted molar refractivity (Wildman–Crippen MR) is 122 cm³/mol. The number of methoxy groups -OCH3 is 2. The summed E-state index contributed by atoms with van der Waals surface area (Å²) in [6, 6.07) is 14.7. The van der Waals surface area contributed by atoms with E-state index in [-0.39, 0.29) is 0 Å². The Labute approximate surface area is 195 Å². The Morgan fingerprint density at radius 3 is 2.06 bits per heavy atom. The predicted octanol–water partition coefficient (Wildman–Crippen LogP) is 1.79. The molecule has 0 bridgehead atoms. The molecule has 3 heterocycles. The molecule has 10 heteroatoms. The van der Waals surface area contributed by atoms with Gasteiger partial charge in [-0.3, -0.25) is 4.57 Å². The lowest BCUT2D eigenvalue weighted by Gasteiger charge is -2.19. The molecule has 10 nitrogen and oxygen atoms in total. The molecule has 4 aromatic rings. The van der Waals surface area contributed by atoms with Crippen LogP contribution in [0.1, 0.15) is 6.23 Å². The summed E-state index contributed by atoms with van der Waals surface area (Å²) < 4.78 is 18.0. The average molecular weight is 464 g/mol. The molecular formula is C24H24N4O6. The summed E-state index contributed by atoms with van der Waals surface area (Å²) in [5.41, 5.74) is 3.03. The van der Waals surface area contributed by atoms with Crippen LogP contribution in [0.4, 0.5) is 0 Å². The largest absolute Gasteiger partial charge is 0.497 e. The summed E-state index contributed by atoms with van der Waals surface area (Å²) in [6.45, 7) is -0.439. The third kappa shape index (κ3) is 3.66. The first-order valence-electron chi connectivity index (χ1n) is 10.7. The van der Waals surface area contributed by atoms with Crippen LogP contribution in [0.15, 0.2) is 54.9 Å². The SMILES string of the molecule is COc1ccc(-c2ncnc3c2nc(-c2ccc(OC)cc2)n3[C@@H]2O[C@H](CO)[C@@H](O)[C@H]2O)cc1. The summed E-state index contributed by atoms with van der Waals surface area (Å²) in [4.78, 5) is 13.7. The lowest BCUT2D eigenvalue weighted by Crippen LogP contribution is -2.33. The monoisotopic (exact) mass is 464 g/mol. The second kappa shape index (κ2) is 8.99. The Bertz CT molecular complexity index is 1290. The van der Waals surface area contributed by atoms with E-state index in [9.17, 15) is 15.3 Å². The molecule has 3 N–H and O–H groups in total. The summed E-state index contributed by atoms with van der Waals surface area (Å²) in [6.07, 6.45) is -3.11. The zero-order valence-corrected chi connectivity index (χ0v) is 18.6. The number of hydrogen-bond donors (Lipinski definition) is 3. The number of aliphatic hydroxyl groups excluding tert-OH is 3. The number of hydrogen-bond acceptors (Lipinski definition) is 9. The number of rotatable bonds is 6. The third-order valence-electron chi connectivity index (χ3n) is 5.96. The third-order valence-corrected chi connectivity index (χ3v) is 5.96. The second-order valence-corrected chi connectivity index (χ2v) is 7.89. The van der Waals surface area contributed by atoms with Gasteiger partial charge in [0.1, 0.15) is 53.2 Å². The molecule has 0 unspecified atom stereocenters. The minimum absolute atomic E-state index is 0.418. The van der Waals surface area contributed by atoms with Gasteiger partial charge in [-0.25, -0.2) is 15.0 Å². The lowest BCUT2D eigenvalue weighted by molar-refractivity contribution is -0.0503. The number of benzene rings is 2. The molecule has 0 aliphatic carbocycles. The quantitative estimate of drug-likeness (QED) is 0.391. The van der Waals surface area contributed by atoms with Gasteiger partial charge in [-0.2, -0.15) is 0 Å². The molecule has 2 aromatic carbocycles. The fourth-order valence-electron chi connectivity index (χ4n) is 4.15. The number of fused-ring (bicyclic) bond motifs is 1. The molecule has 0 spiro atoms. The van der Waals surface area contributed by atoms with Crippen molar-refractivity contribution in [1.82, 2.24) is 19.5 Å². The van der Waals surface area contributed by atoms with Crippen molar-refractivity contribution in [2.75, 3.05) is 20.8 Å². The van der Waals surface area contributed by atoms with Gasteiger partial charge in [-0.1, -0.05) is 0 Å². The Kier molecular flexibility index (Phi) is 5.88. The molecule has 1 aliphatic rings. The Balaban J connectivity index is 1.72. The topological polar surface area (TPSA) is 132 Å². The molecule has 176 valence electrons. The molecule has 1 saturated heterocycles. The van der Waals surface area contributed by atoms with Gasteiger partial charge in [0.15, 0.2) is 11.9 Å². The van der Waals surface area contributed by atoms with Gasteiger partial charge in [-0.05, 0) is 48.5 Å². The van der Waals surface area contributed by atoms with Crippen LogP contribution in [0.25, 0.3) is 33.8 Å². The first kappa shape index (κ1) is 22.2. The van der Waals surface area contributed by atoms with Gasteiger partial charge < -0.3 is 29.5 Å². The van der Waals surface area contributed by atoms with E-state index in [0.717, 1.165) is 11.1 Å². The Morgan fingerprint density at radius 1 is 0.882 bits per heavy atom. The molecule has 0 saturated carbocycles. The molecule has 0 radical (unpaired) electrons. The van der Waals surface area contributed by atoms with Crippen molar-refractivity contribution in [3.8, 4) is 34.1 Å². The van der Waals surface area contributed by atoms with E-state index in [1.54, 1.807) is 30.9 Å². The summed E-state index contributed by atoms with van der Waals surface area (Å²) >= 11 is 0. The minimum atomic E-state index is -1.30. The molecule has 5 rings (SSSR count). The van der Waals surface area contributed by atoms with Crippen LogP contribution in [-0.2, 0) is 4.74 Å². The summed E-state index contributed by atoms with van der Waals surface area (Å²) in [5.74, 6) is 1.85. The van der Waals surface area contributed by atoms with Crippen LogP contribution in [0.2, 0.25) is 0 Å². The maximum Gasteiger partial charge on any atom is 0.166 e. The maximum absolute atomic E-state index is 10.8. The van der Waals surface area contributed by atoms with Gasteiger partial charge in [0.25, 0.3) is 0 Å². The van der Waals surface area contributed by atoms with Crippen molar-refractivity contribution in [3.63, 3.8) is 0 Å². The Morgan fingerprint density at radius 2 is 1.50 bits per heavy atom. The lowest BCUT2D eigenvalue weighted by atomic mass is 10.1. The van der Waals surface area contributed by atoms with Crippen molar-refractivity contribution in [2.45, 2.75) is 24.5 Å². The Hall–Kier alpha value is -3.57. The fraction of sp³-hybridized carbons (Fsp3) is 0.292. The van der Waals surface area contributed by atoms with Crippen LogP contribution in [-0.4, -0.2) is 74.0 Å². The number of imidazole rings is 1. The van der Waals surface area contributed by atoms with Crippen molar-refractivity contribution in [1.29, 1.82) is 0 Å². The molecule has 1 fully saturated rings. The van der Waals surface area contributed by atoms with Crippen LogP contribution in [0, 0.1) is 0 Å². The van der Waals surface area contributed by atoms with E-state index in [4.69, 9.17) is 19.2 Å². The van der Waals surface area contributed by atoms with Gasteiger partial charge in [0.2, 0.25) is 0 Å². The highest BCUT2D eigenvalue weighted by Gasteiger charge is 2.45.